The zero-order valence-electron chi connectivity index (χ0n) is 10.1. The fourth-order valence-corrected chi connectivity index (χ4v) is 2.84. The fraction of sp³-hybridized carbons (Fsp3) is 0. The molecular formula is C14H8ClNO3S. The van der Waals surface area contributed by atoms with Crippen molar-refractivity contribution in [1.29, 1.82) is 0 Å². The average molecular weight is 306 g/mol. The van der Waals surface area contributed by atoms with Gasteiger partial charge in [-0.15, -0.1) is 0 Å². The van der Waals surface area contributed by atoms with E-state index in [4.69, 9.17) is 16.0 Å². The highest BCUT2D eigenvalue weighted by molar-refractivity contribution is 8.19. The molecule has 2 heterocycles. The molecule has 0 spiro atoms. The monoisotopic (exact) mass is 305 g/mol. The van der Waals surface area contributed by atoms with Crippen molar-refractivity contribution < 1.29 is 14.0 Å². The van der Waals surface area contributed by atoms with E-state index in [2.05, 4.69) is 0 Å². The highest BCUT2D eigenvalue weighted by atomic mass is 35.5. The van der Waals surface area contributed by atoms with E-state index in [1.54, 1.807) is 36.4 Å². The molecule has 100 valence electrons. The maximum atomic E-state index is 12.3. The lowest BCUT2D eigenvalue weighted by Gasteiger charge is -2.12. The minimum absolute atomic E-state index is 0.341. The Bertz CT molecular complexity index is 709. The molecule has 0 radical (unpaired) electrons. The van der Waals surface area contributed by atoms with Gasteiger partial charge in [0.05, 0.1) is 23.1 Å². The fourth-order valence-electron chi connectivity index (χ4n) is 1.81. The SMILES string of the molecule is O=C1S/C(=C/c2ccoc2)C(=O)N1c1cccc(Cl)c1. The molecule has 1 aliphatic heterocycles. The number of nitrogens with zero attached hydrogens (tertiary/aromatic N) is 1. The zero-order chi connectivity index (χ0) is 14.1. The van der Waals surface area contributed by atoms with Crippen LogP contribution in [0.2, 0.25) is 5.02 Å². The Kier molecular flexibility index (Phi) is 3.38. The van der Waals surface area contributed by atoms with Crippen molar-refractivity contribution >= 4 is 46.3 Å². The molecule has 4 nitrogen and oxygen atoms in total. The minimum Gasteiger partial charge on any atom is -0.472 e. The van der Waals surface area contributed by atoms with E-state index >= 15 is 0 Å². The summed E-state index contributed by atoms with van der Waals surface area (Å²) in [5.41, 5.74) is 1.21. The molecule has 20 heavy (non-hydrogen) atoms. The number of carbonyl (C=O) groups is 2. The van der Waals surface area contributed by atoms with E-state index in [1.807, 2.05) is 0 Å². The van der Waals surface area contributed by atoms with Crippen LogP contribution in [0, 0.1) is 0 Å². The van der Waals surface area contributed by atoms with Crippen LogP contribution in [0.25, 0.3) is 6.08 Å². The first-order valence-corrected chi connectivity index (χ1v) is 6.90. The van der Waals surface area contributed by atoms with Gasteiger partial charge in [-0.3, -0.25) is 9.59 Å². The molecule has 0 unspecified atom stereocenters. The van der Waals surface area contributed by atoms with Crippen LogP contribution >= 0.6 is 23.4 Å². The largest absolute Gasteiger partial charge is 0.472 e. The Morgan fingerprint density at radius 2 is 2.10 bits per heavy atom. The zero-order valence-corrected chi connectivity index (χ0v) is 11.6. The van der Waals surface area contributed by atoms with Gasteiger partial charge in [-0.05, 0) is 42.1 Å². The van der Waals surface area contributed by atoms with Crippen LogP contribution in [0.15, 0.2) is 52.2 Å². The van der Waals surface area contributed by atoms with E-state index in [-0.39, 0.29) is 11.1 Å². The van der Waals surface area contributed by atoms with Gasteiger partial charge < -0.3 is 4.42 Å². The van der Waals surface area contributed by atoms with Crippen molar-refractivity contribution in [3.05, 3.63) is 58.3 Å². The van der Waals surface area contributed by atoms with E-state index in [0.29, 0.717) is 15.6 Å². The van der Waals surface area contributed by atoms with Crippen LogP contribution in [-0.2, 0) is 4.79 Å². The topological polar surface area (TPSA) is 50.5 Å². The number of thioether (sulfide) groups is 1. The summed E-state index contributed by atoms with van der Waals surface area (Å²) in [5.74, 6) is -0.358. The summed E-state index contributed by atoms with van der Waals surface area (Å²) in [4.78, 5) is 25.8. The quantitative estimate of drug-likeness (QED) is 0.781. The Morgan fingerprint density at radius 3 is 2.80 bits per heavy atom. The molecule has 0 N–H and O–H groups in total. The van der Waals surface area contributed by atoms with Crippen molar-refractivity contribution in [1.82, 2.24) is 0 Å². The second-order valence-electron chi connectivity index (χ2n) is 4.05. The third kappa shape index (κ3) is 2.37. The average Bonchev–Trinajstić information content (AvgIpc) is 2.99. The molecule has 1 aromatic heterocycles. The Labute approximate surface area is 124 Å². The number of halogens is 1. The Balaban J connectivity index is 1.95. The number of furan rings is 1. The predicted molar refractivity (Wildman–Crippen MR) is 78.6 cm³/mol. The number of anilines is 1. The van der Waals surface area contributed by atoms with E-state index in [0.717, 1.165) is 22.2 Å². The smallest absolute Gasteiger partial charge is 0.298 e. The summed E-state index contributed by atoms with van der Waals surface area (Å²) in [6, 6.07) is 8.35. The van der Waals surface area contributed by atoms with Gasteiger partial charge in [-0.1, -0.05) is 17.7 Å². The Hall–Kier alpha value is -1.98. The summed E-state index contributed by atoms with van der Waals surface area (Å²) in [6.45, 7) is 0. The van der Waals surface area contributed by atoms with Crippen molar-refractivity contribution in [2.45, 2.75) is 0 Å². The summed E-state index contributed by atoms with van der Waals surface area (Å²) < 4.78 is 4.93. The van der Waals surface area contributed by atoms with E-state index < -0.39 is 0 Å². The third-order valence-corrected chi connectivity index (χ3v) is 3.81. The molecule has 1 fully saturated rings. The standard InChI is InChI=1S/C14H8ClNO3S/c15-10-2-1-3-11(7-10)16-13(17)12(20-14(16)18)6-9-4-5-19-8-9/h1-8H/b12-6+. The number of hydrogen-bond acceptors (Lipinski definition) is 4. The van der Waals surface area contributed by atoms with Gasteiger partial charge in [0.15, 0.2) is 0 Å². The first-order valence-electron chi connectivity index (χ1n) is 5.71. The van der Waals surface area contributed by atoms with Crippen LogP contribution in [0.5, 0.6) is 0 Å². The van der Waals surface area contributed by atoms with Gasteiger partial charge in [0.25, 0.3) is 11.1 Å². The molecule has 1 aromatic carbocycles. The molecule has 0 saturated carbocycles. The lowest BCUT2D eigenvalue weighted by molar-refractivity contribution is -0.113. The molecule has 0 bridgehead atoms. The van der Waals surface area contributed by atoms with Crippen molar-refractivity contribution in [2.75, 3.05) is 4.90 Å². The van der Waals surface area contributed by atoms with Gasteiger partial charge in [0.1, 0.15) is 0 Å². The Morgan fingerprint density at radius 1 is 1.25 bits per heavy atom. The number of rotatable bonds is 2. The normalized spacial score (nSPS) is 17.2. The number of imide groups is 1. The summed E-state index contributed by atoms with van der Waals surface area (Å²) in [6.07, 6.45) is 4.64. The van der Waals surface area contributed by atoms with Crippen molar-refractivity contribution in [3.8, 4) is 0 Å². The summed E-state index contributed by atoms with van der Waals surface area (Å²) >= 11 is 6.78. The number of hydrogen-bond donors (Lipinski definition) is 0. The number of carbonyl (C=O) groups excluding carboxylic acids is 2. The molecule has 0 aliphatic carbocycles. The van der Waals surface area contributed by atoms with Gasteiger partial charge in [-0.25, -0.2) is 4.90 Å². The van der Waals surface area contributed by atoms with Crippen LogP contribution in [0.1, 0.15) is 5.56 Å². The van der Waals surface area contributed by atoms with Crippen LogP contribution in [-0.4, -0.2) is 11.1 Å². The highest BCUT2D eigenvalue weighted by Crippen LogP contribution is 2.36. The molecule has 3 rings (SSSR count). The lowest BCUT2D eigenvalue weighted by atomic mass is 10.2. The second kappa shape index (κ2) is 5.19. The number of benzene rings is 1. The predicted octanol–water partition coefficient (Wildman–Crippen LogP) is 4.17. The van der Waals surface area contributed by atoms with Crippen LogP contribution < -0.4 is 4.90 Å². The molecule has 1 saturated heterocycles. The summed E-state index contributed by atoms with van der Waals surface area (Å²) in [7, 11) is 0. The molecule has 1 aliphatic rings. The van der Waals surface area contributed by atoms with Gasteiger partial charge in [0.2, 0.25) is 0 Å². The lowest BCUT2D eigenvalue weighted by Crippen LogP contribution is -2.27. The van der Waals surface area contributed by atoms with E-state index in [1.165, 1.54) is 12.5 Å². The summed E-state index contributed by atoms with van der Waals surface area (Å²) in [5, 5.41) is 0.132. The van der Waals surface area contributed by atoms with Gasteiger partial charge in [0, 0.05) is 10.6 Å². The molecular weight excluding hydrogens is 298 g/mol. The third-order valence-electron chi connectivity index (χ3n) is 2.70. The highest BCUT2D eigenvalue weighted by Gasteiger charge is 2.36. The van der Waals surface area contributed by atoms with Gasteiger partial charge >= 0.3 is 0 Å². The van der Waals surface area contributed by atoms with Crippen molar-refractivity contribution in [2.24, 2.45) is 0 Å². The van der Waals surface area contributed by atoms with Crippen molar-refractivity contribution in [3.63, 3.8) is 0 Å². The molecule has 2 aromatic rings. The number of amides is 2. The maximum Gasteiger partial charge on any atom is 0.298 e. The molecule has 6 heteroatoms. The minimum atomic E-state index is -0.358. The first-order chi connectivity index (χ1) is 9.65. The van der Waals surface area contributed by atoms with Crippen LogP contribution in [0.3, 0.4) is 0 Å². The maximum absolute atomic E-state index is 12.3. The van der Waals surface area contributed by atoms with Gasteiger partial charge in [-0.2, -0.15) is 0 Å². The van der Waals surface area contributed by atoms with E-state index in [9.17, 15) is 9.59 Å². The molecule has 2 amide bonds. The molecule has 0 atom stereocenters. The second-order valence-corrected chi connectivity index (χ2v) is 5.48. The van der Waals surface area contributed by atoms with Crippen LogP contribution in [0.4, 0.5) is 10.5 Å². The first kappa shape index (κ1) is 13.0.